The fraction of sp³-hybridized carbons (Fsp3) is 1.00. The molecule has 4 nitrogen and oxygen atoms in total. The summed E-state index contributed by atoms with van der Waals surface area (Å²) in [7, 11) is 0. The first-order valence-electron chi connectivity index (χ1n) is 6.79. The Kier molecular flexibility index (Phi) is 4.08. The first-order chi connectivity index (χ1) is 8.16. The maximum atomic E-state index is 10.9. The maximum Gasteiger partial charge on any atom is 0.0751 e. The van der Waals surface area contributed by atoms with Crippen LogP contribution in [0.25, 0.3) is 0 Å². The van der Waals surface area contributed by atoms with E-state index in [1.54, 1.807) is 0 Å². The molecule has 0 amide bonds. The minimum atomic E-state index is -0.697. The molecule has 2 saturated heterocycles. The summed E-state index contributed by atoms with van der Waals surface area (Å²) in [6, 6.07) is 0. The summed E-state index contributed by atoms with van der Waals surface area (Å²) < 4.78 is 5.37. The third-order valence-corrected chi connectivity index (χ3v) is 4.87. The Bertz CT molecular complexity index is 243. The Balaban J connectivity index is 2.08. The van der Waals surface area contributed by atoms with E-state index in [1.807, 2.05) is 0 Å². The molecule has 0 aromatic rings. The third-order valence-electron chi connectivity index (χ3n) is 4.87. The van der Waals surface area contributed by atoms with Crippen LogP contribution in [0.1, 0.15) is 32.6 Å². The number of hydrogen-bond acceptors (Lipinski definition) is 4. The van der Waals surface area contributed by atoms with Crippen LogP contribution in [-0.4, -0.2) is 60.2 Å². The molecule has 2 aliphatic rings. The highest BCUT2D eigenvalue weighted by atomic mass is 16.5. The smallest absolute Gasteiger partial charge is 0.0751 e. The quantitative estimate of drug-likeness (QED) is 0.763. The number of likely N-dealkylation sites (tertiary alicyclic amines) is 1. The Morgan fingerprint density at radius 1 is 1.12 bits per heavy atom. The second-order valence-corrected chi connectivity index (χ2v) is 5.52. The zero-order chi connectivity index (χ0) is 12.4. The third kappa shape index (κ3) is 2.36. The highest BCUT2D eigenvalue weighted by Crippen LogP contribution is 2.46. The van der Waals surface area contributed by atoms with Crippen LogP contribution < -0.4 is 0 Å². The van der Waals surface area contributed by atoms with Gasteiger partial charge >= 0.3 is 0 Å². The molecular formula is C13H25NO3. The second kappa shape index (κ2) is 5.22. The molecule has 0 saturated carbocycles. The molecular weight excluding hydrogens is 218 g/mol. The maximum absolute atomic E-state index is 10.9. The van der Waals surface area contributed by atoms with Gasteiger partial charge in [-0.3, -0.25) is 0 Å². The van der Waals surface area contributed by atoms with Gasteiger partial charge in [-0.25, -0.2) is 0 Å². The lowest BCUT2D eigenvalue weighted by molar-refractivity contribution is -0.174. The fourth-order valence-electron chi connectivity index (χ4n) is 3.30. The molecule has 17 heavy (non-hydrogen) atoms. The Labute approximate surface area is 104 Å². The lowest BCUT2D eigenvalue weighted by Crippen LogP contribution is -2.58. The SMILES string of the molecule is CCN1CCC(O)(C2(CO)CCOCC2)CC1. The molecule has 100 valence electrons. The van der Waals surface area contributed by atoms with Crippen molar-refractivity contribution >= 4 is 0 Å². The zero-order valence-corrected chi connectivity index (χ0v) is 10.8. The van der Waals surface area contributed by atoms with Crippen molar-refractivity contribution < 1.29 is 14.9 Å². The summed E-state index contributed by atoms with van der Waals surface area (Å²) in [6.07, 6.45) is 3.13. The van der Waals surface area contributed by atoms with Gasteiger partial charge in [-0.05, 0) is 32.2 Å². The van der Waals surface area contributed by atoms with Crippen LogP contribution >= 0.6 is 0 Å². The fourth-order valence-corrected chi connectivity index (χ4v) is 3.30. The number of nitrogens with zero attached hydrogens (tertiary/aromatic N) is 1. The van der Waals surface area contributed by atoms with Crippen LogP contribution in [0.2, 0.25) is 0 Å². The Hall–Kier alpha value is -0.160. The number of hydrogen-bond donors (Lipinski definition) is 2. The molecule has 0 unspecified atom stereocenters. The molecule has 0 radical (unpaired) electrons. The summed E-state index contributed by atoms with van der Waals surface area (Å²) in [5, 5.41) is 20.7. The van der Waals surface area contributed by atoms with Gasteiger partial charge in [0.25, 0.3) is 0 Å². The zero-order valence-electron chi connectivity index (χ0n) is 10.8. The molecule has 2 aliphatic heterocycles. The van der Waals surface area contributed by atoms with Crippen molar-refractivity contribution in [2.45, 2.75) is 38.2 Å². The highest BCUT2D eigenvalue weighted by molar-refractivity contribution is 5.02. The molecule has 4 heteroatoms. The first-order valence-corrected chi connectivity index (χ1v) is 6.79. The van der Waals surface area contributed by atoms with Gasteiger partial charge in [0.05, 0.1) is 12.2 Å². The largest absolute Gasteiger partial charge is 0.396 e. The molecule has 0 aromatic carbocycles. The van der Waals surface area contributed by atoms with E-state index in [4.69, 9.17) is 4.74 Å². The predicted octanol–water partition coefficient (Wildman–Crippen LogP) is 0.622. The summed E-state index contributed by atoms with van der Waals surface area (Å²) in [4.78, 5) is 2.36. The van der Waals surface area contributed by atoms with Crippen molar-refractivity contribution in [1.82, 2.24) is 4.90 Å². The van der Waals surface area contributed by atoms with Gasteiger partial charge in [0.2, 0.25) is 0 Å². The Morgan fingerprint density at radius 2 is 1.71 bits per heavy atom. The Morgan fingerprint density at radius 3 is 2.18 bits per heavy atom. The molecule has 2 heterocycles. The molecule has 2 N–H and O–H groups in total. The first kappa shape index (κ1) is 13.3. The van der Waals surface area contributed by atoms with Crippen LogP contribution in [0.3, 0.4) is 0 Å². The minimum Gasteiger partial charge on any atom is -0.396 e. The summed E-state index contributed by atoms with van der Waals surface area (Å²) in [5.74, 6) is 0. The van der Waals surface area contributed by atoms with Crippen LogP contribution in [-0.2, 0) is 4.74 Å². The summed E-state index contributed by atoms with van der Waals surface area (Å²) in [5.41, 5.74) is -1.03. The van der Waals surface area contributed by atoms with E-state index in [2.05, 4.69) is 11.8 Å². The lowest BCUT2D eigenvalue weighted by Gasteiger charge is -2.52. The molecule has 0 aromatic heterocycles. The van der Waals surface area contributed by atoms with Crippen LogP contribution in [0.4, 0.5) is 0 Å². The number of ether oxygens (including phenoxy) is 1. The van der Waals surface area contributed by atoms with E-state index in [0.29, 0.717) is 13.2 Å². The van der Waals surface area contributed by atoms with E-state index < -0.39 is 5.60 Å². The van der Waals surface area contributed by atoms with Gasteiger partial charge in [-0.2, -0.15) is 0 Å². The monoisotopic (exact) mass is 243 g/mol. The van der Waals surface area contributed by atoms with Gasteiger partial charge in [0, 0.05) is 31.7 Å². The van der Waals surface area contributed by atoms with Crippen LogP contribution in [0, 0.1) is 5.41 Å². The molecule has 2 rings (SSSR count). The average molecular weight is 243 g/mol. The summed E-state index contributed by atoms with van der Waals surface area (Å²) >= 11 is 0. The molecule has 0 atom stereocenters. The van der Waals surface area contributed by atoms with Gasteiger partial charge < -0.3 is 19.8 Å². The number of rotatable bonds is 3. The molecule has 0 spiro atoms. The van der Waals surface area contributed by atoms with Crippen LogP contribution in [0.15, 0.2) is 0 Å². The number of aliphatic hydroxyl groups excluding tert-OH is 1. The van der Waals surface area contributed by atoms with Crippen molar-refractivity contribution in [1.29, 1.82) is 0 Å². The lowest BCUT2D eigenvalue weighted by atomic mass is 9.63. The average Bonchev–Trinajstić information content (AvgIpc) is 2.40. The predicted molar refractivity (Wildman–Crippen MR) is 65.9 cm³/mol. The van der Waals surface area contributed by atoms with Gasteiger partial charge in [0.1, 0.15) is 0 Å². The van der Waals surface area contributed by atoms with Crippen molar-refractivity contribution in [3.05, 3.63) is 0 Å². The van der Waals surface area contributed by atoms with Crippen molar-refractivity contribution in [2.75, 3.05) is 39.5 Å². The van der Waals surface area contributed by atoms with Crippen molar-refractivity contribution in [3.8, 4) is 0 Å². The minimum absolute atomic E-state index is 0.0823. The number of piperidine rings is 1. The standard InChI is InChI=1S/C13H25NO3/c1-2-14-7-3-13(16,4-8-14)12(11-15)5-9-17-10-6-12/h15-16H,2-11H2,1H3. The normalized spacial score (nSPS) is 29.1. The molecule has 2 fully saturated rings. The highest BCUT2D eigenvalue weighted by Gasteiger charge is 2.51. The van der Waals surface area contributed by atoms with E-state index in [-0.39, 0.29) is 12.0 Å². The van der Waals surface area contributed by atoms with E-state index in [1.165, 1.54) is 0 Å². The summed E-state index contributed by atoms with van der Waals surface area (Å²) in [6.45, 7) is 6.50. The van der Waals surface area contributed by atoms with Gasteiger partial charge in [0.15, 0.2) is 0 Å². The van der Waals surface area contributed by atoms with E-state index >= 15 is 0 Å². The topological polar surface area (TPSA) is 52.9 Å². The van der Waals surface area contributed by atoms with E-state index in [9.17, 15) is 10.2 Å². The number of aliphatic hydroxyl groups is 2. The van der Waals surface area contributed by atoms with Crippen molar-refractivity contribution in [3.63, 3.8) is 0 Å². The second-order valence-electron chi connectivity index (χ2n) is 5.52. The van der Waals surface area contributed by atoms with Crippen LogP contribution in [0.5, 0.6) is 0 Å². The van der Waals surface area contributed by atoms with E-state index in [0.717, 1.165) is 45.3 Å². The molecule has 0 aliphatic carbocycles. The van der Waals surface area contributed by atoms with Gasteiger partial charge in [-0.15, -0.1) is 0 Å². The van der Waals surface area contributed by atoms with Crippen molar-refractivity contribution in [2.24, 2.45) is 5.41 Å². The van der Waals surface area contributed by atoms with Gasteiger partial charge in [-0.1, -0.05) is 6.92 Å². The molecule has 0 bridgehead atoms.